The molecule has 0 aliphatic heterocycles. The Morgan fingerprint density at radius 2 is 0.913 bits per heavy atom. The molecule has 0 aliphatic carbocycles. The summed E-state index contributed by atoms with van der Waals surface area (Å²) in [6.45, 7) is 0. The molecular formula is C44H29NO. The first-order valence-corrected chi connectivity index (χ1v) is 15.7. The smallest absolute Gasteiger partial charge is 0.135 e. The molecule has 0 fully saturated rings. The van der Waals surface area contributed by atoms with E-state index in [9.17, 15) is 0 Å². The van der Waals surface area contributed by atoms with Crippen LogP contribution >= 0.6 is 0 Å². The molecule has 0 saturated carbocycles. The Morgan fingerprint density at radius 3 is 1.76 bits per heavy atom. The largest absolute Gasteiger partial charge is 0.456 e. The molecule has 0 bridgehead atoms. The summed E-state index contributed by atoms with van der Waals surface area (Å²) in [5.74, 6) is 0. The summed E-state index contributed by atoms with van der Waals surface area (Å²) in [7, 11) is 0. The van der Waals surface area contributed by atoms with E-state index in [2.05, 4.69) is 169 Å². The van der Waals surface area contributed by atoms with Crippen LogP contribution in [0.1, 0.15) is 0 Å². The van der Waals surface area contributed by atoms with Gasteiger partial charge in [0, 0.05) is 27.4 Å². The van der Waals surface area contributed by atoms with Gasteiger partial charge in [-0.15, -0.1) is 0 Å². The predicted molar refractivity (Wildman–Crippen MR) is 194 cm³/mol. The van der Waals surface area contributed by atoms with Gasteiger partial charge < -0.3 is 9.32 Å². The fourth-order valence-corrected chi connectivity index (χ4v) is 6.88. The van der Waals surface area contributed by atoms with Gasteiger partial charge in [0.15, 0.2) is 0 Å². The van der Waals surface area contributed by atoms with Crippen LogP contribution in [0.25, 0.3) is 65.7 Å². The molecule has 2 heteroatoms. The maximum atomic E-state index is 6.17. The third kappa shape index (κ3) is 4.35. The topological polar surface area (TPSA) is 16.4 Å². The van der Waals surface area contributed by atoms with Crippen LogP contribution in [0.5, 0.6) is 0 Å². The fourth-order valence-electron chi connectivity index (χ4n) is 6.88. The Labute approximate surface area is 267 Å². The molecule has 8 aromatic carbocycles. The van der Waals surface area contributed by atoms with Gasteiger partial charge in [-0.2, -0.15) is 0 Å². The van der Waals surface area contributed by atoms with Gasteiger partial charge in [-0.05, 0) is 75.3 Å². The lowest BCUT2D eigenvalue weighted by molar-refractivity contribution is 0.669. The van der Waals surface area contributed by atoms with E-state index in [1.165, 1.54) is 32.7 Å². The molecule has 0 amide bonds. The molecule has 0 N–H and O–H groups in total. The molecule has 46 heavy (non-hydrogen) atoms. The Morgan fingerprint density at radius 1 is 0.348 bits per heavy atom. The van der Waals surface area contributed by atoms with Crippen molar-refractivity contribution < 1.29 is 4.42 Å². The van der Waals surface area contributed by atoms with Crippen LogP contribution in [0.4, 0.5) is 17.1 Å². The number of benzene rings is 8. The standard InChI is InChI=1S/C44H29NO/c1-3-15-35-30(11-1)13-9-19-36(35)32-23-26-34(27-24-32)45(42-21-10-14-31-12-2-4-16-37(31)42)41-20-7-5-17-38(41)33-25-28-44-40(29-33)39-18-6-8-22-43(39)46-44/h1-29H. The second-order valence-corrected chi connectivity index (χ2v) is 11.7. The quantitative estimate of drug-likeness (QED) is 0.199. The highest BCUT2D eigenvalue weighted by Gasteiger charge is 2.20. The first-order valence-electron chi connectivity index (χ1n) is 15.7. The lowest BCUT2D eigenvalue weighted by Crippen LogP contribution is -2.11. The highest BCUT2D eigenvalue weighted by Crippen LogP contribution is 2.44. The Balaban J connectivity index is 1.24. The first-order chi connectivity index (χ1) is 22.8. The zero-order valence-electron chi connectivity index (χ0n) is 25.1. The van der Waals surface area contributed by atoms with Gasteiger partial charge in [0.2, 0.25) is 0 Å². The molecule has 216 valence electrons. The number of hydrogen-bond donors (Lipinski definition) is 0. The van der Waals surface area contributed by atoms with E-state index in [1.54, 1.807) is 0 Å². The van der Waals surface area contributed by atoms with Crippen molar-refractivity contribution in [1.82, 2.24) is 0 Å². The molecular weight excluding hydrogens is 558 g/mol. The van der Waals surface area contributed by atoms with Crippen molar-refractivity contribution in [2.75, 3.05) is 4.90 Å². The van der Waals surface area contributed by atoms with Gasteiger partial charge in [0.05, 0.1) is 11.4 Å². The first kappa shape index (κ1) is 26.3. The predicted octanol–water partition coefficient (Wildman–Crippen LogP) is 12.7. The van der Waals surface area contributed by atoms with Crippen LogP contribution in [0.3, 0.4) is 0 Å². The van der Waals surface area contributed by atoms with E-state index < -0.39 is 0 Å². The molecule has 0 radical (unpaired) electrons. The monoisotopic (exact) mass is 587 g/mol. The maximum absolute atomic E-state index is 6.17. The molecule has 2 nitrogen and oxygen atoms in total. The van der Waals surface area contributed by atoms with Gasteiger partial charge in [0.25, 0.3) is 0 Å². The second-order valence-electron chi connectivity index (χ2n) is 11.7. The summed E-state index contributed by atoms with van der Waals surface area (Å²) >= 11 is 0. The SMILES string of the molecule is c1ccc(N(c2ccc(-c3cccc4ccccc34)cc2)c2cccc3ccccc23)c(-c2ccc3oc4ccccc4c3c2)c1. The van der Waals surface area contributed by atoms with Gasteiger partial charge in [0.1, 0.15) is 11.2 Å². The zero-order chi connectivity index (χ0) is 30.5. The number of rotatable bonds is 5. The van der Waals surface area contributed by atoms with Crippen molar-refractivity contribution >= 4 is 60.5 Å². The number of para-hydroxylation sites is 2. The third-order valence-corrected chi connectivity index (χ3v) is 9.07. The third-order valence-electron chi connectivity index (χ3n) is 9.07. The summed E-state index contributed by atoms with van der Waals surface area (Å²) in [4.78, 5) is 2.40. The molecule has 0 unspecified atom stereocenters. The Kier molecular flexibility index (Phi) is 6.17. The molecule has 0 spiro atoms. The summed E-state index contributed by atoms with van der Waals surface area (Å²) < 4.78 is 6.17. The van der Waals surface area contributed by atoms with Crippen molar-refractivity contribution in [3.63, 3.8) is 0 Å². The number of fused-ring (bicyclic) bond motifs is 5. The van der Waals surface area contributed by atoms with Crippen LogP contribution in [0.2, 0.25) is 0 Å². The Bertz CT molecular complexity index is 2530. The van der Waals surface area contributed by atoms with Gasteiger partial charge in [-0.1, -0.05) is 133 Å². The van der Waals surface area contributed by atoms with Crippen molar-refractivity contribution in [3.05, 3.63) is 176 Å². The van der Waals surface area contributed by atoms with E-state index in [-0.39, 0.29) is 0 Å². The minimum absolute atomic E-state index is 0.900. The minimum Gasteiger partial charge on any atom is -0.456 e. The van der Waals surface area contributed by atoms with Crippen LogP contribution in [0.15, 0.2) is 180 Å². The summed E-state index contributed by atoms with van der Waals surface area (Å²) in [6.07, 6.45) is 0. The number of furan rings is 1. The summed E-state index contributed by atoms with van der Waals surface area (Å²) in [6, 6.07) is 62.9. The molecule has 0 atom stereocenters. The number of nitrogens with zero attached hydrogens (tertiary/aromatic N) is 1. The zero-order valence-corrected chi connectivity index (χ0v) is 25.1. The highest BCUT2D eigenvalue weighted by atomic mass is 16.3. The van der Waals surface area contributed by atoms with E-state index in [0.717, 1.165) is 50.1 Å². The highest BCUT2D eigenvalue weighted by molar-refractivity contribution is 6.07. The van der Waals surface area contributed by atoms with Crippen LogP contribution in [-0.2, 0) is 0 Å². The van der Waals surface area contributed by atoms with Crippen molar-refractivity contribution in [2.24, 2.45) is 0 Å². The molecule has 1 heterocycles. The van der Waals surface area contributed by atoms with Crippen molar-refractivity contribution in [2.45, 2.75) is 0 Å². The van der Waals surface area contributed by atoms with Crippen LogP contribution in [-0.4, -0.2) is 0 Å². The number of hydrogen-bond acceptors (Lipinski definition) is 2. The Hall–Kier alpha value is -6.12. The molecule has 0 aliphatic rings. The van der Waals surface area contributed by atoms with Crippen molar-refractivity contribution in [3.8, 4) is 22.3 Å². The lowest BCUT2D eigenvalue weighted by atomic mass is 9.97. The maximum Gasteiger partial charge on any atom is 0.135 e. The van der Waals surface area contributed by atoms with Crippen LogP contribution in [0, 0.1) is 0 Å². The summed E-state index contributed by atoms with van der Waals surface area (Å²) in [5.41, 5.74) is 9.90. The van der Waals surface area contributed by atoms with Gasteiger partial charge in [-0.25, -0.2) is 0 Å². The van der Waals surface area contributed by atoms with Gasteiger partial charge in [-0.3, -0.25) is 0 Å². The average molecular weight is 588 g/mol. The van der Waals surface area contributed by atoms with E-state index in [1.807, 2.05) is 12.1 Å². The minimum atomic E-state index is 0.900. The van der Waals surface area contributed by atoms with Gasteiger partial charge >= 0.3 is 0 Å². The van der Waals surface area contributed by atoms with E-state index >= 15 is 0 Å². The normalized spacial score (nSPS) is 11.5. The second kappa shape index (κ2) is 10.8. The van der Waals surface area contributed by atoms with E-state index in [0.29, 0.717) is 0 Å². The van der Waals surface area contributed by atoms with Crippen LogP contribution < -0.4 is 4.90 Å². The summed E-state index contributed by atoms with van der Waals surface area (Å²) in [5, 5.41) is 7.18. The molecule has 9 aromatic rings. The van der Waals surface area contributed by atoms with Crippen molar-refractivity contribution in [1.29, 1.82) is 0 Å². The molecule has 0 saturated heterocycles. The molecule has 1 aromatic heterocycles. The lowest BCUT2D eigenvalue weighted by Gasteiger charge is -2.29. The van der Waals surface area contributed by atoms with E-state index in [4.69, 9.17) is 4.42 Å². The number of anilines is 3. The average Bonchev–Trinajstić information content (AvgIpc) is 3.50. The molecule has 9 rings (SSSR count). The fraction of sp³-hybridized carbons (Fsp3) is 0.